The Labute approximate surface area is 2110 Å². The third-order valence-corrected chi connectivity index (χ3v) is 0. The van der Waals surface area contributed by atoms with E-state index in [0.29, 0.717) is 0 Å². The van der Waals surface area contributed by atoms with Gasteiger partial charge in [0.1, 0.15) is 0 Å². The van der Waals surface area contributed by atoms with Crippen LogP contribution in [0.5, 0.6) is 0 Å². The second kappa shape index (κ2) is 956. The van der Waals surface area contributed by atoms with Gasteiger partial charge in [-0.05, 0) is 0 Å². The van der Waals surface area contributed by atoms with Gasteiger partial charge in [-0.2, -0.15) is 0 Å². The van der Waals surface area contributed by atoms with E-state index in [4.69, 9.17) is 0 Å². The molecule has 0 saturated carbocycles. The number of rotatable bonds is 0. The maximum atomic E-state index is 0. The van der Waals surface area contributed by atoms with Gasteiger partial charge in [0.25, 0.3) is 0 Å². The maximum absolute atomic E-state index is 0. The van der Waals surface area contributed by atoms with Gasteiger partial charge in [0.2, 0.25) is 0 Å². The average molecular weight is 10700 g/mol. The first-order valence-corrected chi connectivity index (χ1v) is 0. The van der Waals surface area contributed by atoms with Crippen molar-refractivity contribution in [1.29, 1.82) is 0 Å². The van der Waals surface area contributed by atoms with Crippen LogP contribution in [-0.2, 0) is 2180 Å². The van der Waals surface area contributed by atoms with E-state index >= 15 is 0 Å². The van der Waals surface area contributed by atoms with Crippen LogP contribution in [0, 0.1) is 0 Å². The summed E-state index contributed by atoms with van der Waals surface area (Å²) in [6.07, 6.45) is 0. The first kappa shape index (κ1) is 973. The summed E-state index contributed by atoms with van der Waals surface area (Å²) in [4.78, 5) is 0. The Balaban J connectivity index is 0. The van der Waals surface area contributed by atoms with Crippen LogP contribution in [0.1, 0.15) is 0 Å². The predicted molar refractivity (Wildman–Crippen MR) is 0 cm³/mol. The van der Waals surface area contributed by atoms with Crippen molar-refractivity contribution in [2.24, 2.45) is 0 Å². The average Bonchev–Trinajstić information content (AvgIpc) is 0. The Hall–Kier alpha value is 71.7. The van der Waals surface area contributed by atoms with E-state index in [0.717, 1.165) is 0 Å². The molecule has 0 heterocycles. The molecule has 100 heteroatoms. The molecule has 0 nitrogen and oxygen atoms in total. The van der Waals surface area contributed by atoms with Gasteiger partial charge in [-0.15, -0.1) is 0 Å². The van der Waals surface area contributed by atoms with Crippen molar-refractivity contribution >= 4 is 0 Å². The van der Waals surface area contributed by atoms with E-state index in [1.807, 2.05) is 0 Å². The fourth-order valence-electron chi connectivity index (χ4n) is 0. The van der Waals surface area contributed by atoms with Crippen LogP contribution in [0.3, 0.4) is 0 Å². The number of hydrogen-bond acceptors (Lipinski definition) is 0. The van der Waals surface area contributed by atoms with Crippen LogP contribution in [-0.4, -0.2) is 0 Å². The molecule has 0 unspecified atom stereocenters. The Kier molecular flexibility index (Phi) is 9310. The smallest absolute Gasteiger partial charge is 0 e. The molecule has 0 saturated heterocycles. The summed E-state index contributed by atoms with van der Waals surface area (Å²) in [6.45, 7) is 0. The zero-order valence-electron chi connectivity index (χ0n) is 30.6. The van der Waals surface area contributed by atoms with Crippen molar-refractivity contribution in [3.8, 4) is 0 Å². The number of hydrogen-bond donors (Lipinski definition) is 0. The molecule has 70 radical (unpaired) electrons. The molecule has 0 aromatic carbocycles. The largest absolute Gasteiger partial charge is 0 e. The summed E-state index contributed by atoms with van der Waals surface area (Å²) in [6, 6.07) is 0. The molecule has 0 rings (SSSR count). The van der Waals surface area contributed by atoms with Gasteiger partial charge in [-0.25, -0.2) is 0 Å². The van der Waals surface area contributed by atoms with E-state index < -0.39 is 0 Å². The van der Waals surface area contributed by atoms with Gasteiger partial charge in [-0.3, -0.25) is 0 Å². The molecule has 0 N–H and O–H groups in total. The van der Waals surface area contributed by atoms with Gasteiger partial charge in [0.15, 0.2) is 0 Å². The summed E-state index contributed by atoms with van der Waals surface area (Å²) < 4.78 is 0. The molecule has 0 atom stereocenters. The molecule has 0 amide bonds. The zero-order valence-corrected chi connectivity index (χ0v) is 181. The second-order valence-corrected chi connectivity index (χ2v) is 0. The second-order valence-electron chi connectivity index (χ2n) is 0. The molecule has 100 heavy (non-hydrogen) atoms. The van der Waals surface area contributed by atoms with Gasteiger partial charge in [0.05, 0.1) is 0 Å². The van der Waals surface area contributed by atoms with Crippen molar-refractivity contribution in [2.45, 2.75) is 0 Å². The minimum absolute atomic E-state index is 0. The van der Waals surface area contributed by atoms with Gasteiger partial charge >= 0.3 is 0 Å². The fourth-order valence-corrected chi connectivity index (χ4v) is 0. The summed E-state index contributed by atoms with van der Waals surface area (Å²) in [5, 5.41) is 0. The minimum atomic E-state index is 0. The van der Waals surface area contributed by atoms with Crippen molar-refractivity contribution in [1.82, 2.24) is 0 Å². The van der Waals surface area contributed by atoms with E-state index in [1.165, 1.54) is 0 Å². The molecule has 0 fully saturated rings. The van der Waals surface area contributed by atoms with Gasteiger partial charge in [-0.1, -0.05) is 0 Å². The summed E-state index contributed by atoms with van der Waals surface area (Å²) >= 11 is 0. The Morgan fingerprint density at radius 1 is 0.0200 bits per heavy atom. The third-order valence-electron chi connectivity index (χ3n) is 0. The standard InChI is InChI=1S/70Ag.30Pd. The molecule has 0 aromatic rings. The first-order chi connectivity index (χ1) is 0. The Morgan fingerprint density at radius 2 is 0.0200 bits per heavy atom. The predicted octanol–water partition coefficient (Wildman–Crippen LogP) is -0.250. The van der Waals surface area contributed by atoms with E-state index in [1.54, 1.807) is 0 Å². The molecule has 0 spiro atoms. The third kappa shape index (κ3) is 940. The van der Waals surface area contributed by atoms with Crippen molar-refractivity contribution in [3.63, 3.8) is 0 Å². The van der Waals surface area contributed by atoms with Crippen LogP contribution < -0.4 is 0 Å². The van der Waals surface area contributed by atoms with Crippen LogP contribution in [0.15, 0.2) is 0 Å². The molecule has 0 bridgehead atoms. The van der Waals surface area contributed by atoms with E-state index in [2.05, 4.69) is 0 Å². The van der Waals surface area contributed by atoms with Gasteiger partial charge in [0, 0.05) is 2180 Å². The molecule has 0 aliphatic rings. The molecule has 1070 valence electrons. The van der Waals surface area contributed by atoms with E-state index in [-0.39, 0.29) is 2180 Å². The quantitative estimate of drug-likeness (QED) is 0.295. The first-order valence-electron chi connectivity index (χ1n) is 0. The molecule has 0 aliphatic carbocycles. The van der Waals surface area contributed by atoms with Crippen LogP contribution in [0.25, 0.3) is 0 Å². The normalized spacial score (nSPS) is 0. The van der Waals surface area contributed by atoms with Crippen LogP contribution >= 0.6 is 0 Å². The fraction of sp³-hybridized carbons (Fsp3) is 0. The zero-order chi connectivity index (χ0) is 0. The molecule has 0 aliphatic heterocycles. The van der Waals surface area contributed by atoms with Crippen LogP contribution in [0.2, 0.25) is 0 Å². The summed E-state index contributed by atoms with van der Waals surface area (Å²) in [5.74, 6) is 0. The summed E-state index contributed by atoms with van der Waals surface area (Å²) in [7, 11) is 0. The molecule has 0 aromatic heterocycles. The molecular weight excluding hydrogens is 10700 g/mol. The Bertz CT molecular complexity index is 88.1. The topological polar surface area (TPSA) is 0 Å². The van der Waals surface area contributed by atoms with Gasteiger partial charge < -0.3 is 0 Å². The van der Waals surface area contributed by atoms with Crippen molar-refractivity contribution < 1.29 is 2180 Å². The van der Waals surface area contributed by atoms with Crippen molar-refractivity contribution in [2.75, 3.05) is 0 Å². The molecular formula is Ag70Pd30. The van der Waals surface area contributed by atoms with Crippen molar-refractivity contribution in [3.05, 3.63) is 0 Å². The van der Waals surface area contributed by atoms with Crippen LogP contribution in [0.4, 0.5) is 0 Å². The maximum Gasteiger partial charge on any atom is 0 e. The summed E-state index contributed by atoms with van der Waals surface area (Å²) in [5.41, 5.74) is 0. The van der Waals surface area contributed by atoms with E-state index in [9.17, 15) is 0 Å². The monoisotopic (exact) mass is 10700 g/mol. The Morgan fingerprint density at radius 3 is 0.0200 bits per heavy atom. The minimum Gasteiger partial charge on any atom is 0 e. The SMILES string of the molecule is [Ag].[Ag].[Ag].[Ag].[Ag].[Ag].[Ag].[Ag].[Ag].[Ag].[Ag].[Ag].[Ag].[Ag].[Ag].[Ag].[Ag].[Ag].[Ag].[Ag].[Ag].[Ag].[Ag].[Ag].[Ag].[Ag].[Ag].[Ag].[Ag].[Ag].[Ag].[Ag].[Ag].[Ag].[Ag].[Ag].[Ag].[Ag].[Ag].[Ag].[Ag].[Ag].[Ag].[Ag].[Ag].[Ag].[Ag].[Ag].[Ag].[Ag].[Ag].[Ag].[Ag].[Ag].[Ag].[Ag].[Ag].[Ag].[Ag].[Ag].[Ag].[Ag].[Ag].[Ag].[Ag].[Ag].[Ag].[Ag].[Ag].[Ag].[Pd].[Pd].[Pd].[Pd].[Pd].[Pd].[Pd].[Pd].[Pd].[Pd].[Pd].[Pd].[Pd].[Pd].[Pd].[Pd].[Pd].[Pd].[Pd].[Pd].[Pd].[Pd].[Pd].[Pd].[Pd].[Pd].[Pd].[Pd].[Pd].[Pd].